The van der Waals surface area contributed by atoms with Crippen molar-refractivity contribution in [3.63, 3.8) is 0 Å². The van der Waals surface area contributed by atoms with E-state index in [1.165, 1.54) is 29.5 Å². The predicted molar refractivity (Wildman–Crippen MR) is 144 cm³/mol. The Balaban J connectivity index is 1.26. The number of Topliss-reactive ketones (excluding diaryl/α,β-unsaturated/α-hetero) is 1. The highest BCUT2D eigenvalue weighted by molar-refractivity contribution is 5.90. The quantitative estimate of drug-likeness (QED) is 0.483. The first-order chi connectivity index (χ1) is 18.6. The molecule has 0 unspecified atom stereocenters. The van der Waals surface area contributed by atoms with Crippen LogP contribution in [-0.4, -0.2) is 46.6 Å². The van der Waals surface area contributed by atoms with Crippen LogP contribution >= 0.6 is 0 Å². The van der Waals surface area contributed by atoms with Crippen LogP contribution in [0, 0.1) is 5.92 Å². The van der Waals surface area contributed by atoms with Gasteiger partial charge in [-0.25, -0.2) is 0 Å². The second-order valence-corrected chi connectivity index (χ2v) is 12.0. The second-order valence-electron chi connectivity index (χ2n) is 12.0. The Morgan fingerprint density at radius 3 is 2.66 bits per heavy atom. The highest BCUT2D eigenvalue weighted by atomic mass is 16.5. The van der Waals surface area contributed by atoms with Crippen LogP contribution in [0.1, 0.15) is 48.8 Å². The van der Waals surface area contributed by atoms with Crippen molar-refractivity contribution >= 4 is 5.78 Å². The van der Waals surface area contributed by atoms with Crippen molar-refractivity contribution in [2.45, 2.75) is 68.3 Å². The summed E-state index contributed by atoms with van der Waals surface area (Å²) in [5.41, 5.74) is 4.68. The number of hydrogen-bond acceptors (Lipinski definition) is 5. The number of hydrogen-bond donors (Lipinski definition) is 1. The van der Waals surface area contributed by atoms with E-state index < -0.39 is 17.1 Å². The Morgan fingerprint density at radius 2 is 1.82 bits per heavy atom. The third-order valence-corrected chi connectivity index (χ3v) is 10.1. The topological polar surface area (TPSA) is 59.0 Å². The lowest BCUT2D eigenvalue weighted by atomic mass is 9.48. The number of phenolic OH excluding ortho intramolecular Hbond substituents is 1. The maximum absolute atomic E-state index is 13.5. The fourth-order valence-electron chi connectivity index (χ4n) is 8.28. The minimum Gasteiger partial charge on any atom is -0.504 e. The molecule has 5 heteroatoms. The molecule has 38 heavy (non-hydrogen) atoms. The number of carbonyl (C=O) groups is 1. The Morgan fingerprint density at radius 1 is 1.00 bits per heavy atom. The SMILES string of the molecule is O=C1CC[C@@]2(OCc3ccccc3-c3ccccc3)[C@H]3Cc4ccc(O)c5c4[C@@]2(CCN3CC2CC2)[C@H]1O5. The largest absolute Gasteiger partial charge is 0.504 e. The zero-order valence-corrected chi connectivity index (χ0v) is 21.6. The van der Waals surface area contributed by atoms with Gasteiger partial charge in [0.1, 0.15) is 0 Å². The fraction of sp³-hybridized carbons (Fsp3) is 0.424. The number of aromatic hydroxyl groups is 1. The monoisotopic (exact) mass is 507 g/mol. The molecule has 0 aromatic heterocycles. The van der Waals surface area contributed by atoms with E-state index in [2.05, 4.69) is 59.5 Å². The Kier molecular flexibility index (Phi) is 4.90. The molecule has 3 aliphatic carbocycles. The average Bonchev–Trinajstić information content (AvgIpc) is 3.69. The molecule has 4 atom stereocenters. The molecule has 2 aliphatic heterocycles. The fourth-order valence-corrected chi connectivity index (χ4v) is 8.28. The van der Waals surface area contributed by atoms with Gasteiger partial charge in [-0.2, -0.15) is 0 Å². The molecule has 1 saturated heterocycles. The van der Waals surface area contributed by atoms with Crippen molar-refractivity contribution in [1.82, 2.24) is 4.90 Å². The molecule has 2 heterocycles. The van der Waals surface area contributed by atoms with Crippen LogP contribution in [0.15, 0.2) is 66.7 Å². The van der Waals surface area contributed by atoms with Gasteiger partial charge in [0.15, 0.2) is 23.4 Å². The molecule has 1 N–H and O–H groups in total. The number of rotatable bonds is 6. The van der Waals surface area contributed by atoms with Crippen LogP contribution in [0.4, 0.5) is 0 Å². The number of phenols is 1. The van der Waals surface area contributed by atoms with Gasteiger partial charge in [0.2, 0.25) is 0 Å². The van der Waals surface area contributed by atoms with E-state index in [-0.39, 0.29) is 17.6 Å². The van der Waals surface area contributed by atoms with Gasteiger partial charge in [-0.05, 0) is 72.9 Å². The van der Waals surface area contributed by atoms with E-state index in [4.69, 9.17) is 9.47 Å². The van der Waals surface area contributed by atoms with Crippen LogP contribution in [0.3, 0.4) is 0 Å². The van der Waals surface area contributed by atoms with Gasteiger partial charge < -0.3 is 14.6 Å². The summed E-state index contributed by atoms with van der Waals surface area (Å²) >= 11 is 0. The third kappa shape index (κ3) is 3.03. The molecule has 194 valence electrons. The summed E-state index contributed by atoms with van der Waals surface area (Å²) in [6.45, 7) is 2.52. The summed E-state index contributed by atoms with van der Waals surface area (Å²) in [5.74, 6) is 1.58. The first-order valence-electron chi connectivity index (χ1n) is 14.2. The van der Waals surface area contributed by atoms with Gasteiger partial charge in [-0.15, -0.1) is 0 Å². The number of benzene rings is 3. The average molecular weight is 508 g/mol. The lowest BCUT2D eigenvalue weighted by Crippen LogP contribution is -2.77. The summed E-state index contributed by atoms with van der Waals surface area (Å²) < 4.78 is 13.7. The van der Waals surface area contributed by atoms with Gasteiger partial charge >= 0.3 is 0 Å². The van der Waals surface area contributed by atoms with E-state index in [0.29, 0.717) is 25.2 Å². The third-order valence-electron chi connectivity index (χ3n) is 10.1. The number of carbonyl (C=O) groups excluding carboxylic acids is 1. The van der Waals surface area contributed by atoms with E-state index in [0.717, 1.165) is 43.0 Å². The van der Waals surface area contributed by atoms with Crippen LogP contribution < -0.4 is 4.74 Å². The Labute approximate surface area is 223 Å². The molecular weight excluding hydrogens is 474 g/mol. The highest BCUT2D eigenvalue weighted by Crippen LogP contribution is 2.66. The van der Waals surface area contributed by atoms with Gasteiger partial charge in [-0.1, -0.05) is 60.7 Å². The molecule has 1 spiro atoms. The molecule has 3 fully saturated rings. The van der Waals surface area contributed by atoms with Gasteiger partial charge in [-0.3, -0.25) is 9.69 Å². The van der Waals surface area contributed by atoms with Crippen LogP contribution in [0.2, 0.25) is 0 Å². The van der Waals surface area contributed by atoms with Crippen molar-refractivity contribution in [2.75, 3.05) is 13.1 Å². The first kappa shape index (κ1) is 22.8. The van der Waals surface area contributed by atoms with Gasteiger partial charge in [0.05, 0.1) is 17.6 Å². The molecule has 5 nitrogen and oxygen atoms in total. The van der Waals surface area contributed by atoms with E-state index >= 15 is 0 Å². The van der Waals surface area contributed by atoms with E-state index in [1.54, 1.807) is 6.07 Å². The maximum atomic E-state index is 13.5. The molecule has 0 radical (unpaired) electrons. The minimum atomic E-state index is -0.589. The summed E-state index contributed by atoms with van der Waals surface area (Å²) in [6.07, 6.45) is 4.85. The number of nitrogens with zero attached hydrogens (tertiary/aromatic N) is 1. The zero-order valence-electron chi connectivity index (χ0n) is 21.6. The summed E-state index contributed by atoms with van der Waals surface area (Å²) in [4.78, 5) is 16.2. The Hall–Kier alpha value is -3.15. The van der Waals surface area contributed by atoms with Crippen molar-refractivity contribution in [3.8, 4) is 22.6 Å². The molecule has 2 bridgehead atoms. The van der Waals surface area contributed by atoms with Crippen molar-refractivity contribution in [3.05, 3.63) is 83.4 Å². The summed E-state index contributed by atoms with van der Waals surface area (Å²) in [5, 5.41) is 10.8. The molecule has 8 rings (SSSR count). The number of ketones is 1. The number of piperidine rings is 1. The zero-order chi connectivity index (χ0) is 25.5. The second kappa shape index (κ2) is 8.17. The lowest BCUT2D eigenvalue weighted by molar-refractivity contribution is -0.218. The number of ether oxygens (including phenoxy) is 2. The predicted octanol–water partition coefficient (Wildman–Crippen LogP) is 5.42. The smallest absolute Gasteiger partial charge is 0.174 e. The highest BCUT2D eigenvalue weighted by Gasteiger charge is 2.74. The first-order valence-corrected chi connectivity index (χ1v) is 14.2. The molecule has 5 aliphatic rings. The lowest BCUT2D eigenvalue weighted by Gasteiger charge is -2.64. The molecule has 2 saturated carbocycles. The van der Waals surface area contributed by atoms with Crippen LogP contribution in [0.5, 0.6) is 11.5 Å². The molecule has 0 amide bonds. The van der Waals surface area contributed by atoms with Gasteiger partial charge in [0.25, 0.3) is 0 Å². The van der Waals surface area contributed by atoms with Gasteiger partial charge in [0, 0.05) is 24.6 Å². The minimum absolute atomic E-state index is 0.141. The van der Waals surface area contributed by atoms with Crippen molar-refractivity contribution in [1.29, 1.82) is 0 Å². The van der Waals surface area contributed by atoms with E-state index in [1.807, 2.05) is 6.07 Å². The normalized spacial score (nSPS) is 31.1. The maximum Gasteiger partial charge on any atom is 0.174 e. The van der Waals surface area contributed by atoms with Crippen LogP contribution in [-0.2, 0) is 28.0 Å². The van der Waals surface area contributed by atoms with Crippen LogP contribution in [0.25, 0.3) is 11.1 Å². The standard InChI is InChI=1S/C33H33NO4/c35-26-13-12-23-18-28-33(37-20-24-8-4-5-9-25(24)22-6-2-1-3-7-22)15-14-27(36)31-32(33,29(23)30(26)38-31)16-17-34(28)19-21-10-11-21/h1-9,12-13,21,28,31,35H,10-11,14-20H2/t28-,31+,32+,33-/m1/s1. The van der Waals surface area contributed by atoms with Crippen molar-refractivity contribution < 1.29 is 19.4 Å². The molecular formula is C33H33NO4. The molecule has 3 aromatic carbocycles. The van der Waals surface area contributed by atoms with Crippen molar-refractivity contribution in [2.24, 2.45) is 5.92 Å². The van der Waals surface area contributed by atoms with E-state index in [9.17, 15) is 9.90 Å². The number of likely N-dealkylation sites (tertiary alicyclic amines) is 1. The summed E-state index contributed by atoms with van der Waals surface area (Å²) in [7, 11) is 0. The summed E-state index contributed by atoms with van der Waals surface area (Å²) in [6, 6.07) is 23.0. The Bertz CT molecular complexity index is 1430. The molecule has 3 aromatic rings.